The minimum absolute atomic E-state index is 0.0322. The summed E-state index contributed by atoms with van der Waals surface area (Å²) in [5, 5.41) is 7.17. The van der Waals surface area contributed by atoms with Crippen LogP contribution >= 0.6 is 22.9 Å². The maximum absolute atomic E-state index is 13.3. The van der Waals surface area contributed by atoms with Gasteiger partial charge in [0, 0.05) is 46.9 Å². The normalized spacial score (nSPS) is 19.4. The quantitative estimate of drug-likeness (QED) is 0.374. The lowest BCUT2D eigenvalue weighted by Crippen LogP contribution is -2.52. The van der Waals surface area contributed by atoms with E-state index < -0.39 is 35.8 Å². The van der Waals surface area contributed by atoms with Crippen LogP contribution in [0.4, 0.5) is 0 Å². The number of hydrogen-bond donors (Lipinski definition) is 3. The summed E-state index contributed by atoms with van der Waals surface area (Å²) >= 11 is 7.38. The van der Waals surface area contributed by atoms with Crippen LogP contribution in [0.2, 0.25) is 5.02 Å². The number of esters is 1. The van der Waals surface area contributed by atoms with Gasteiger partial charge in [-0.3, -0.25) is 19.2 Å². The lowest BCUT2D eigenvalue weighted by atomic mass is 10.1. The Labute approximate surface area is 227 Å². The molecule has 1 aromatic carbocycles. The number of likely N-dealkylation sites (N-methyl/N-ethyl adjacent to an activating group) is 1. The number of carbonyl (C=O) groups excluding carboxylic acids is 4. The van der Waals surface area contributed by atoms with E-state index in [-0.39, 0.29) is 25.4 Å². The molecule has 11 nitrogen and oxygen atoms in total. The number of aromatic nitrogens is 2. The van der Waals surface area contributed by atoms with Gasteiger partial charge in [-0.15, -0.1) is 11.3 Å². The summed E-state index contributed by atoms with van der Waals surface area (Å²) in [5.74, 6) is -2.01. The van der Waals surface area contributed by atoms with Crippen LogP contribution in [-0.2, 0) is 27.3 Å². The third-order valence-corrected chi connectivity index (χ3v) is 7.89. The average Bonchev–Trinajstić information content (AvgIpc) is 3.56. The number of halogens is 1. The molecular formula is C25H27ClN6O5S. The summed E-state index contributed by atoms with van der Waals surface area (Å²) in [6.45, 7) is 3.19. The number of nitrogens with zero attached hydrogens (tertiary/aromatic N) is 3. The topological polar surface area (TPSA) is 137 Å². The summed E-state index contributed by atoms with van der Waals surface area (Å²) in [6, 6.07) is 4.95. The van der Waals surface area contributed by atoms with E-state index in [2.05, 4.69) is 25.5 Å². The van der Waals surface area contributed by atoms with Crippen LogP contribution in [0, 0.1) is 0 Å². The lowest BCUT2D eigenvalue weighted by Gasteiger charge is -2.20. The van der Waals surface area contributed by atoms with Gasteiger partial charge in [0.1, 0.15) is 18.3 Å². The first-order valence-electron chi connectivity index (χ1n) is 12.2. The van der Waals surface area contributed by atoms with Crippen molar-refractivity contribution in [3.8, 4) is 0 Å². The predicted octanol–water partition coefficient (Wildman–Crippen LogP) is 1.57. The monoisotopic (exact) mass is 558 g/mol. The van der Waals surface area contributed by atoms with Crippen molar-refractivity contribution in [1.29, 1.82) is 0 Å². The molecule has 3 amide bonds. The van der Waals surface area contributed by atoms with Crippen LogP contribution in [0.1, 0.15) is 37.8 Å². The highest BCUT2D eigenvalue weighted by molar-refractivity contribution is 7.13. The molecule has 5 rings (SSSR count). The number of benzene rings is 1. The van der Waals surface area contributed by atoms with Gasteiger partial charge in [0.05, 0.1) is 18.3 Å². The molecule has 0 aliphatic carbocycles. The highest BCUT2D eigenvalue weighted by atomic mass is 35.5. The second kappa shape index (κ2) is 10.7. The number of nitrogens with one attached hydrogen (secondary N) is 3. The van der Waals surface area contributed by atoms with Gasteiger partial charge >= 0.3 is 5.97 Å². The lowest BCUT2D eigenvalue weighted by molar-refractivity contribution is -0.147. The number of aromatic amines is 1. The Bertz CT molecular complexity index is 1420. The van der Waals surface area contributed by atoms with Gasteiger partial charge in [-0.25, -0.2) is 4.98 Å². The Kier molecular flexibility index (Phi) is 7.37. The Morgan fingerprint density at radius 2 is 2.05 bits per heavy atom. The largest absolute Gasteiger partial charge is 0.465 e. The molecule has 0 radical (unpaired) electrons. The first-order valence-corrected chi connectivity index (χ1v) is 13.4. The van der Waals surface area contributed by atoms with Crippen LogP contribution in [0.5, 0.6) is 0 Å². The van der Waals surface area contributed by atoms with Crippen LogP contribution in [0.3, 0.4) is 0 Å². The van der Waals surface area contributed by atoms with Crippen LogP contribution in [0.25, 0.3) is 10.9 Å². The fourth-order valence-corrected chi connectivity index (χ4v) is 5.96. The van der Waals surface area contributed by atoms with Crippen molar-refractivity contribution in [1.82, 2.24) is 30.4 Å². The average molecular weight is 559 g/mol. The number of likely N-dealkylation sites (tertiary alicyclic amines) is 1. The van der Waals surface area contributed by atoms with Crippen molar-refractivity contribution in [2.45, 2.75) is 32.0 Å². The Hall–Kier alpha value is -3.48. The van der Waals surface area contributed by atoms with Gasteiger partial charge in [0.2, 0.25) is 5.91 Å². The third kappa shape index (κ3) is 5.38. The molecule has 2 aromatic heterocycles. The molecule has 200 valence electrons. The third-order valence-electron chi connectivity index (χ3n) is 6.57. The molecule has 0 spiro atoms. The van der Waals surface area contributed by atoms with Crippen molar-refractivity contribution in [2.24, 2.45) is 0 Å². The van der Waals surface area contributed by atoms with Crippen LogP contribution < -0.4 is 10.6 Å². The fourth-order valence-electron chi connectivity index (χ4n) is 4.69. The van der Waals surface area contributed by atoms with Crippen molar-refractivity contribution >= 4 is 57.5 Å². The molecular weight excluding hydrogens is 532 g/mol. The van der Waals surface area contributed by atoms with Gasteiger partial charge in [0.15, 0.2) is 5.01 Å². The molecule has 3 aromatic rings. The van der Waals surface area contributed by atoms with Gasteiger partial charge in [-0.05, 0) is 38.2 Å². The summed E-state index contributed by atoms with van der Waals surface area (Å²) < 4.78 is 4.99. The number of amides is 3. The highest BCUT2D eigenvalue weighted by Gasteiger charge is 2.43. The van der Waals surface area contributed by atoms with Gasteiger partial charge in [-0.2, -0.15) is 0 Å². The summed E-state index contributed by atoms with van der Waals surface area (Å²) in [6.07, 6.45) is 0.763. The number of ether oxygens (including phenoxy) is 1. The predicted molar refractivity (Wildman–Crippen MR) is 141 cm³/mol. The second-order valence-electron chi connectivity index (χ2n) is 9.35. The van der Waals surface area contributed by atoms with E-state index in [0.717, 1.165) is 35.5 Å². The fraction of sp³-hybridized carbons (Fsp3) is 0.400. The van der Waals surface area contributed by atoms with Gasteiger partial charge in [-0.1, -0.05) is 11.6 Å². The molecule has 0 unspecified atom stereocenters. The van der Waals surface area contributed by atoms with Crippen molar-refractivity contribution in [3.63, 3.8) is 0 Å². The minimum Gasteiger partial charge on any atom is -0.465 e. The molecule has 2 aliphatic rings. The van der Waals surface area contributed by atoms with Crippen molar-refractivity contribution in [3.05, 3.63) is 50.6 Å². The molecule has 2 atom stereocenters. The van der Waals surface area contributed by atoms with E-state index >= 15 is 0 Å². The van der Waals surface area contributed by atoms with E-state index in [0.29, 0.717) is 15.5 Å². The smallest absolute Gasteiger partial charge is 0.325 e. The number of carbonyl (C=O) groups is 4. The van der Waals surface area contributed by atoms with E-state index in [4.69, 9.17) is 16.3 Å². The summed E-state index contributed by atoms with van der Waals surface area (Å²) in [4.78, 5) is 63.6. The van der Waals surface area contributed by atoms with Crippen molar-refractivity contribution in [2.75, 3.05) is 33.3 Å². The number of fused-ring (bicyclic) bond motifs is 2. The number of thiazole rings is 1. The van der Waals surface area contributed by atoms with Gasteiger partial charge in [0.25, 0.3) is 11.8 Å². The maximum atomic E-state index is 13.3. The highest BCUT2D eigenvalue weighted by Crippen LogP contribution is 2.25. The molecule has 0 saturated carbocycles. The van der Waals surface area contributed by atoms with Crippen LogP contribution in [0.15, 0.2) is 24.3 Å². The van der Waals surface area contributed by atoms with Gasteiger partial charge < -0.3 is 30.2 Å². The number of rotatable bonds is 7. The first-order chi connectivity index (χ1) is 18.2. The molecule has 2 aliphatic heterocycles. The molecule has 4 heterocycles. The number of H-pyrrole nitrogens is 1. The SMILES string of the molecule is CCOC(=O)CN1C[C@@H](NC(=O)c2nc3c(s2)CN(C)CC3)[C@H](NC(=O)c2cc3cc(Cl)ccc3[nH]2)C1=O. The first kappa shape index (κ1) is 26.1. The minimum atomic E-state index is -1.09. The maximum Gasteiger partial charge on any atom is 0.325 e. The molecule has 13 heteroatoms. The zero-order valence-corrected chi connectivity index (χ0v) is 22.4. The van der Waals surface area contributed by atoms with Crippen LogP contribution in [-0.4, -0.2) is 88.8 Å². The zero-order chi connectivity index (χ0) is 27.0. The molecule has 0 bridgehead atoms. The van der Waals surface area contributed by atoms with E-state index in [1.807, 2.05) is 7.05 Å². The zero-order valence-electron chi connectivity index (χ0n) is 20.9. The molecule has 1 saturated heterocycles. The van der Waals surface area contributed by atoms with Crippen molar-refractivity contribution < 1.29 is 23.9 Å². The van der Waals surface area contributed by atoms with E-state index in [9.17, 15) is 19.2 Å². The van der Waals surface area contributed by atoms with E-state index in [1.165, 1.54) is 16.2 Å². The molecule has 3 N–H and O–H groups in total. The standard InChI is InChI=1S/C25H27ClN6O5S/c1-3-37-20(33)12-32-10-18(28-23(35)24-29-16-6-7-31(2)11-19(16)38-24)21(25(32)36)30-22(34)17-9-13-8-14(26)4-5-15(13)27-17/h4-5,8-9,18,21,27H,3,6-7,10-12H2,1-2H3,(H,28,35)(H,30,34)/t18-,21+/m1/s1. The molecule has 38 heavy (non-hydrogen) atoms. The Morgan fingerprint density at radius 1 is 1.24 bits per heavy atom. The Morgan fingerprint density at radius 3 is 2.84 bits per heavy atom. The summed E-state index contributed by atoms with van der Waals surface area (Å²) in [7, 11) is 2.01. The number of hydrogen-bond acceptors (Lipinski definition) is 8. The Balaban J connectivity index is 1.35. The second-order valence-corrected chi connectivity index (χ2v) is 10.9. The van der Waals surface area contributed by atoms with E-state index in [1.54, 1.807) is 31.2 Å². The molecule has 1 fully saturated rings. The summed E-state index contributed by atoms with van der Waals surface area (Å²) in [5.41, 5.74) is 1.86.